The zero-order valence-corrected chi connectivity index (χ0v) is 15.5. The first kappa shape index (κ1) is 18.7. The van der Waals surface area contributed by atoms with Crippen LogP contribution in [0.1, 0.15) is 85.0 Å². The van der Waals surface area contributed by atoms with Crippen molar-refractivity contribution < 1.29 is 9.53 Å². The maximum absolute atomic E-state index is 12.2. The van der Waals surface area contributed by atoms with E-state index < -0.39 is 0 Å². The summed E-state index contributed by atoms with van der Waals surface area (Å²) < 4.78 is 6.70. The predicted octanol–water partition coefficient (Wildman–Crippen LogP) is 5.70. The van der Waals surface area contributed by atoms with Crippen molar-refractivity contribution in [3.05, 3.63) is 12.7 Å². The maximum atomic E-state index is 12.2. The fourth-order valence-corrected chi connectivity index (χ4v) is 4.96. The molecule has 1 saturated carbocycles. The first-order valence-electron chi connectivity index (χ1n) is 9.77. The van der Waals surface area contributed by atoms with Crippen LogP contribution >= 0.6 is 0 Å². The van der Waals surface area contributed by atoms with Gasteiger partial charge in [0.2, 0.25) is 0 Å². The third-order valence-electron chi connectivity index (χ3n) is 5.99. The number of carbonyl (C=O) groups is 1. The number of Topliss-reactive ketones (excluding diaryl/α,β-unsaturated/α-hetero) is 1. The molecule has 0 N–H and O–H groups in total. The maximum Gasteiger partial charge on any atom is 0.135 e. The molecule has 1 spiro atoms. The zero-order chi connectivity index (χ0) is 16.9. The Hall–Kier alpha value is -0.630. The van der Waals surface area contributed by atoms with Crippen molar-refractivity contribution in [1.82, 2.24) is 0 Å². The van der Waals surface area contributed by atoms with Crippen LogP contribution in [-0.4, -0.2) is 17.5 Å². The standard InChI is InChI=1S/C21H36O2/c1-5-6-7-9-18(22)14-19-10-8-13-21(23-19)15-17(4)11-12-20(21)16(2)3/h5,16-17,19-20H,1,6-15H2,2-4H3. The Labute approximate surface area is 143 Å². The molecule has 132 valence electrons. The fraction of sp³-hybridized carbons (Fsp3) is 0.857. The summed E-state index contributed by atoms with van der Waals surface area (Å²) in [7, 11) is 0. The van der Waals surface area contributed by atoms with E-state index in [-0.39, 0.29) is 11.7 Å². The van der Waals surface area contributed by atoms with Gasteiger partial charge in [0.25, 0.3) is 0 Å². The number of hydrogen-bond acceptors (Lipinski definition) is 2. The normalized spacial score (nSPS) is 34.7. The van der Waals surface area contributed by atoms with Crippen LogP contribution in [0.2, 0.25) is 0 Å². The summed E-state index contributed by atoms with van der Waals surface area (Å²) in [5.41, 5.74) is 0.0517. The lowest BCUT2D eigenvalue weighted by atomic mass is 9.64. The molecule has 2 rings (SSSR count). The van der Waals surface area contributed by atoms with E-state index in [1.54, 1.807) is 0 Å². The first-order chi connectivity index (χ1) is 11.0. The highest BCUT2D eigenvalue weighted by Crippen LogP contribution is 2.49. The van der Waals surface area contributed by atoms with Crippen molar-refractivity contribution in [2.45, 2.75) is 96.7 Å². The minimum atomic E-state index is 0.0517. The summed E-state index contributed by atoms with van der Waals surface area (Å²) in [5, 5.41) is 0. The lowest BCUT2D eigenvalue weighted by Gasteiger charge is -2.52. The van der Waals surface area contributed by atoms with Gasteiger partial charge in [-0.25, -0.2) is 0 Å². The molecular formula is C21H36O2. The summed E-state index contributed by atoms with van der Waals surface area (Å²) in [5.74, 6) is 2.47. The van der Waals surface area contributed by atoms with Gasteiger partial charge in [-0.1, -0.05) is 33.3 Å². The molecule has 2 heteroatoms. The van der Waals surface area contributed by atoms with Crippen LogP contribution in [0.5, 0.6) is 0 Å². The number of ether oxygens (including phenoxy) is 1. The Kier molecular flexibility index (Phi) is 6.88. The molecule has 4 atom stereocenters. The summed E-state index contributed by atoms with van der Waals surface area (Å²) in [6.45, 7) is 10.8. The predicted molar refractivity (Wildman–Crippen MR) is 96.5 cm³/mol. The van der Waals surface area contributed by atoms with Crippen LogP contribution in [0.4, 0.5) is 0 Å². The van der Waals surface area contributed by atoms with Crippen LogP contribution in [0.15, 0.2) is 12.7 Å². The number of allylic oxidation sites excluding steroid dienone is 1. The van der Waals surface area contributed by atoms with Gasteiger partial charge in [0.15, 0.2) is 0 Å². The van der Waals surface area contributed by atoms with Crippen LogP contribution in [0.25, 0.3) is 0 Å². The van der Waals surface area contributed by atoms with E-state index in [1.807, 2.05) is 6.08 Å². The van der Waals surface area contributed by atoms with Gasteiger partial charge in [-0.15, -0.1) is 6.58 Å². The van der Waals surface area contributed by atoms with Crippen LogP contribution < -0.4 is 0 Å². The van der Waals surface area contributed by atoms with Crippen molar-refractivity contribution in [2.75, 3.05) is 0 Å². The lowest BCUT2D eigenvalue weighted by molar-refractivity contribution is -0.192. The highest BCUT2D eigenvalue weighted by Gasteiger charge is 2.48. The molecule has 0 aromatic carbocycles. The smallest absolute Gasteiger partial charge is 0.135 e. The molecule has 1 aliphatic heterocycles. The molecule has 0 aromatic heterocycles. The Balaban J connectivity index is 1.97. The van der Waals surface area contributed by atoms with Crippen molar-refractivity contribution in [1.29, 1.82) is 0 Å². The number of carbonyl (C=O) groups excluding carboxylic acids is 1. The van der Waals surface area contributed by atoms with Crippen LogP contribution in [0.3, 0.4) is 0 Å². The fourth-order valence-electron chi connectivity index (χ4n) is 4.96. The van der Waals surface area contributed by atoms with Crippen molar-refractivity contribution in [3.8, 4) is 0 Å². The summed E-state index contributed by atoms with van der Waals surface area (Å²) in [6.07, 6.45) is 12.5. The van der Waals surface area contributed by atoms with Gasteiger partial charge >= 0.3 is 0 Å². The van der Waals surface area contributed by atoms with Crippen molar-refractivity contribution in [3.63, 3.8) is 0 Å². The molecule has 23 heavy (non-hydrogen) atoms. The topological polar surface area (TPSA) is 26.3 Å². The van der Waals surface area contributed by atoms with E-state index in [0.717, 1.165) is 25.2 Å². The third kappa shape index (κ3) is 4.92. The highest BCUT2D eigenvalue weighted by molar-refractivity contribution is 5.78. The minimum Gasteiger partial charge on any atom is -0.371 e. The average Bonchev–Trinajstić information content (AvgIpc) is 2.47. The Bertz CT molecular complexity index is 401. The quantitative estimate of drug-likeness (QED) is 0.444. The number of unbranched alkanes of at least 4 members (excludes halogenated alkanes) is 1. The van der Waals surface area contributed by atoms with E-state index in [9.17, 15) is 4.79 Å². The molecule has 1 saturated heterocycles. The number of ketones is 1. The highest BCUT2D eigenvalue weighted by atomic mass is 16.5. The number of hydrogen-bond donors (Lipinski definition) is 0. The van der Waals surface area contributed by atoms with Gasteiger partial charge in [-0.3, -0.25) is 4.79 Å². The van der Waals surface area contributed by atoms with Gasteiger partial charge in [-0.05, 0) is 62.7 Å². The van der Waals surface area contributed by atoms with E-state index in [4.69, 9.17) is 4.74 Å². The van der Waals surface area contributed by atoms with Crippen molar-refractivity contribution in [2.24, 2.45) is 17.8 Å². The van der Waals surface area contributed by atoms with E-state index in [2.05, 4.69) is 27.4 Å². The van der Waals surface area contributed by atoms with Crippen molar-refractivity contribution >= 4 is 5.78 Å². The largest absolute Gasteiger partial charge is 0.371 e. The summed E-state index contributed by atoms with van der Waals surface area (Å²) in [6, 6.07) is 0. The molecular weight excluding hydrogens is 284 g/mol. The molecule has 1 heterocycles. The van der Waals surface area contributed by atoms with Gasteiger partial charge < -0.3 is 4.74 Å². The van der Waals surface area contributed by atoms with E-state index in [1.165, 1.54) is 32.1 Å². The molecule has 2 nitrogen and oxygen atoms in total. The minimum absolute atomic E-state index is 0.0517. The van der Waals surface area contributed by atoms with Crippen LogP contribution in [-0.2, 0) is 9.53 Å². The average molecular weight is 321 g/mol. The second-order valence-corrected chi connectivity index (χ2v) is 8.36. The first-order valence-corrected chi connectivity index (χ1v) is 9.77. The van der Waals surface area contributed by atoms with Crippen LogP contribution in [0, 0.1) is 17.8 Å². The Morgan fingerprint density at radius 3 is 2.83 bits per heavy atom. The SMILES string of the molecule is C=CCCCC(=O)CC1CCCC2(CC(C)CCC2C(C)C)O1. The second kappa shape index (κ2) is 8.46. The molecule has 4 unspecified atom stereocenters. The molecule has 0 radical (unpaired) electrons. The molecule has 0 aromatic rings. The monoisotopic (exact) mass is 320 g/mol. The summed E-state index contributed by atoms with van der Waals surface area (Å²) >= 11 is 0. The molecule has 2 aliphatic rings. The van der Waals surface area contributed by atoms with E-state index in [0.29, 0.717) is 30.5 Å². The summed E-state index contributed by atoms with van der Waals surface area (Å²) in [4.78, 5) is 12.2. The molecule has 0 amide bonds. The molecule has 2 fully saturated rings. The Morgan fingerprint density at radius 2 is 2.13 bits per heavy atom. The molecule has 0 bridgehead atoms. The third-order valence-corrected chi connectivity index (χ3v) is 5.99. The zero-order valence-electron chi connectivity index (χ0n) is 15.5. The van der Waals surface area contributed by atoms with Gasteiger partial charge in [0, 0.05) is 12.8 Å². The molecule has 1 aliphatic carbocycles. The number of rotatable bonds is 7. The van der Waals surface area contributed by atoms with Gasteiger partial charge in [-0.2, -0.15) is 0 Å². The lowest BCUT2D eigenvalue weighted by Crippen LogP contribution is -2.52. The Morgan fingerprint density at radius 1 is 1.35 bits per heavy atom. The van der Waals surface area contributed by atoms with Gasteiger partial charge in [0.1, 0.15) is 5.78 Å². The van der Waals surface area contributed by atoms with Gasteiger partial charge in [0.05, 0.1) is 11.7 Å². The second-order valence-electron chi connectivity index (χ2n) is 8.36. The van der Waals surface area contributed by atoms with E-state index >= 15 is 0 Å².